The number of carbonyl (C=O) groups excluding carboxylic acids is 1. The zero-order chi connectivity index (χ0) is 17.2. The molecule has 6 heteroatoms. The number of pyridine rings is 1. The number of rotatable bonds is 5. The number of amides is 1. The molecule has 0 unspecified atom stereocenters. The van der Waals surface area contributed by atoms with Gasteiger partial charge in [-0.3, -0.25) is 14.8 Å². The summed E-state index contributed by atoms with van der Waals surface area (Å²) in [7, 11) is 2.01. The number of aromatic nitrogens is 3. The number of carbonyl (C=O) groups is 1. The van der Waals surface area contributed by atoms with Gasteiger partial charge in [0, 0.05) is 29.4 Å². The first-order chi connectivity index (χ1) is 12.2. The molecule has 128 valence electrons. The molecule has 3 aromatic rings. The number of H-pyrrole nitrogens is 1. The van der Waals surface area contributed by atoms with Crippen molar-refractivity contribution in [3.05, 3.63) is 42.9 Å². The maximum absolute atomic E-state index is 12.3. The van der Waals surface area contributed by atoms with Crippen LogP contribution in [0, 0.1) is 0 Å². The monoisotopic (exact) mass is 335 g/mol. The van der Waals surface area contributed by atoms with Crippen LogP contribution in [0.4, 0.5) is 5.82 Å². The van der Waals surface area contributed by atoms with Gasteiger partial charge in [-0.15, -0.1) is 0 Å². The molecule has 1 aliphatic carbocycles. The van der Waals surface area contributed by atoms with Crippen LogP contribution in [0.2, 0.25) is 0 Å². The van der Waals surface area contributed by atoms with Crippen LogP contribution in [0.3, 0.4) is 0 Å². The molecule has 0 radical (unpaired) electrons. The molecule has 0 spiro atoms. The molecule has 0 bridgehead atoms. The number of fused-ring (bicyclic) bond motifs is 1. The molecule has 1 amide bonds. The van der Waals surface area contributed by atoms with Crippen molar-refractivity contribution in [1.82, 2.24) is 20.1 Å². The second-order valence-electron chi connectivity index (χ2n) is 6.67. The Morgan fingerprint density at radius 1 is 1.24 bits per heavy atom. The summed E-state index contributed by atoms with van der Waals surface area (Å²) in [5.41, 5.74) is 2.11. The van der Waals surface area contributed by atoms with Crippen molar-refractivity contribution in [2.45, 2.75) is 25.3 Å². The third-order valence-corrected chi connectivity index (χ3v) is 4.91. The smallest absolute Gasteiger partial charge is 0.239 e. The summed E-state index contributed by atoms with van der Waals surface area (Å²) in [4.78, 5) is 18.7. The highest BCUT2D eigenvalue weighted by atomic mass is 16.2. The van der Waals surface area contributed by atoms with E-state index in [4.69, 9.17) is 0 Å². The van der Waals surface area contributed by atoms with Gasteiger partial charge >= 0.3 is 0 Å². The zero-order valence-corrected chi connectivity index (χ0v) is 14.2. The molecule has 1 aromatic carbocycles. The quantitative estimate of drug-likeness (QED) is 0.751. The molecule has 1 fully saturated rings. The van der Waals surface area contributed by atoms with Gasteiger partial charge in [-0.25, -0.2) is 4.98 Å². The maximum Gasteiger partial charge on any atom is 0.239 e. The van der Waals surface area contributed by atoms with Crippen molar-refractivity contribution >= 4 is 22.5 Å². The van der Waals surface area contributed by atoms with Crippen LogP contribution in [0.5, 0.6) is 0 Å². The fourth-order valence-corrected chi connectivity index (χ4v) is 3.16. The lowest BCUT2D eigenvalue weighted by Crippen LogP contribution is -2.41. The molecule has 0 atom stereocenters. The Hall–Kier alpha value is -2.73. The zero-order valence-electron chi connectivity index (χ0n) is 14.2. The van der Waals surface area contributed by atoms with E-state index >= 15 is 0 Å². The molecule has 0 aliphatic heterocycles. The summed E-state index contributed by atoms with van der Waals surface area (Å²) in [6, 6.07) is 8.62. The Kier molecular flexibility index (Phi) is 4.19. The average molecular weight is 335 g/mol. The summed E-state index contributed by atoms with van der Waals surface area (Å²) in [6.07, 6.45) is 9.09. The van der Waals surface area contributed by atoms with Gasteiger partial charge in [0.25, 0.3) is 0 Å². The predicted octanol–water partition coefficient (Wildman–Crippen LogP) is 3.05. The average Bonchev–Trinajstić information content (AvgIpc) is 3.06. The molecule has 2 heterocycles. The van der Waals surface area contributed by atoms with Crippen molar-refractivity contribution in [3.63, 3.8) is 0 Å². The van der Waals surface area contributed by atoms with Crippen LogP contribution >= 0.6 is 0 Å². The molecule has 4 rings (SSSR count). The third kappa shape index (κ3) is 3.39. The second kappa shape index (κ2) is 6.64. The molecule has 0 saturated heterocycles. The summed E-state index contributed by atoms with van der Waals surface area (Å²) in [6.45, 7) is 0.402. The first-order valence-corrected chi connectivity index (χ1v) is 8.58. The predicted molar refractivity (Wildman–Crippen MR) is 98.2 cm³/mol. The van der Waals surface area contributed by atoms with E-state index < -0.39 is 0 Å². The summed E-state index contributed by atoms with van der Waals surface area (Å²) in [5.74, 6) is 0.566. The van der Waals surface area contributed by atoms with Crippen LogP contribution < -0.4 is 5.32 Å². The number of aromatic amines is 1. The highest BCUT2D eigenvalue weighted by Crippen LogP contribution is 2.25. The van der Waals surface area contributed by atoms with Gasteiger partial charge in [0.05, 0.1) is 12.7 Å². The van der Waals surface area contributed by atoms with Gasteiger partial charge in [0.1, 0.15) is 5.82 Å². The molecule has 1 aliphatic rings. The first kappa shape index (κ1) is 15.8. The van der Waals surface area contributed by atoms with E-state index in [1.54, 1.807) is 12.4 Å². The van der Waals surface area contributed by atoms with E-state index in [1.807, 2.05) is 31.4 Å². The van der Waals surface area contributed by atoms with Gasteiger partial charge in [0.15, 0.2) is 0 Å². The van der Waals surface area contributed by atoms with E-state index in [9.17, 15) is 4.79 Å². The summed E-state index contributed by atoms with van der Waals surface area (Å²) < 4.78 is 0. The molecule has 2 N–H and O–H groups in total. The lowest BCUT2D eigenvalue weighted by atomic mass is 9.92. The van der Waals surface area contributed by atoms with Gasteiger partial charge in [-0.2, -0.15) is 5.10 Å². The highest BCUT2D eigenvalue weighted by Gasteiger charge is 2.23. The number of anilines is 1. The van der Waals surface area contributed by atoms with Crippen molar-refractivity contribution in [3.8, 4) is 11.1 Å². The topological polar surface area (TPSA) is 73.9 Å². The first-order valence-electron chi connectivity index (χ1n) is 8.58. The van der Waals surface area contributed by atoms with Crippen LogP contribution in [0.25, 0.3) is 21.9 Å². The molecular formula is C19H21N5O. The fraction of sp³-hybridized carbons (Fsp3) is 0.316. The standard InChI is InChI=1S/C19H21N5O/c1-24(17-3-2-4-17)12-19(25)23-18-8-15-7-13(16-10-21-22-11-16)5-6-14(15)9-20-18/h5-11,17H,2-4,12H2,1H3,(H,21,22)(H,20,23,25). The van der Waals surface area contributed by atoms with Crippen molar-refractivity contribution < 1.29 is 4.79 Å². The Balaban J connectivity index is 1.50. The molecule has 2 aromatic heterocycles. The van der Waals surface area contributed by atoms with Crippen LogP contribution in [0.1, 0.15) is 19.3 Å². The number of hydrogen-bond acceptors (Lipinski definition) is 4. The third-order valence-electron chi connectivity index (χ3n) is 4.91. The minimum absolute atomic E-state index is 0.0211. The minimum atomic E-state index is -0.0211. The number of likely N-dealkylation sites (N-methyl/N-ethyl adjacent to an activating group) is 1. The van der Waals surface area contributed by atoms with Gasteiger partial charge in [0.2, 0.25) is 5.91 Å². The Morgan fingerprint density at radius 2 is 2.12 bits per heavy atom. The summed E-state index contributed by atoms with van der Waals surface area (Å²) in [5, 5.41) is 11.8. The van der Waals surface area contributed by atoms with E-state index in [0.717, 1.165) is 21.9 Å². The fourth-order valence-electron chi connectivity index (χ4n) is 3.16. The molecule has 1 saturated carbocycles. The van der Waals surface area contributed by atoms with Crippen molar-refractivity contribution in [2.24, 2.45) is 0 Å². The van der Waals surface area contributed by atoms with E-state index in [-0.39, 0.29) is 5.91 Å². The number of benzene rings is 1. The maximum atomic E-state index is 12.3. The van der Waals surface area contributed by atoms with E-state index in [2.05, 4.69) is 31.5 Å². The number of nitrogens with one attached hydrogen (secondary N) is 2. The minimum Gasteiger partial charge on any atom is -0.310 e. The van der Waals surface area contributed by atoms with Crippen LogP contribution in [-0.2, 0) is 4.79 Å². The molecule has 25 heavy (non-hydrogen) atoms. The van der Waals surface area contributed by atoms with Crippen LogP contribution in [0.15, 0.2) is 42.9 Å². The van der Waals surface area contributed by atoms with Gasteiger partial charge in [-0.1, -0.05) is 18.6 Å². The lowest BCUT2D eigenvalue weighted by molar-refractivity contribution is -0.117. The van der Waals surface area contributed by atoms with Crippen LogP contribution in [-0.4, -0.2) is 45.6 Å². The number of nitrogens with zero attached hydrogens (tertiary/aromatic N) is 3. The number of hydrogen-bond donors (Lipinski definition) is 2. The summed E-state index contributed by atoms with van der Waals surface area (Å²) >= 11 is 0. The Bertz CT molecular complexity index is 886. The lowest BCUT2D eigenvalue weighted by Gasteiger charge is -2.34. The van der Waals surface area contributed by atoms with E-state index in [0.29, 0.717) is 18.4 Å². The van der Waals surface area contributed by atoms with Gasteiger partial charge < -0.3 is 5.32 Å². The second-order valence-corrected chi connectivity index (χ2v) is 6.67. The Labute approximate surface area is 146 Å². The highest BCUT2D eigenvalue weighted by molar-refractivity contribution is 5.94. The molecular weight excluding hydrogens is 314 g/mol. The van der Waals surface area contributed by atoms with Crippen molar-refractivity contribution in [2.75, 3.05) is 18.9 Å². The largest absolute Gasteiger partial charge is 0.310 e. The van der Waals surface area contributed by atoms with E-state index in [1.165, 1.54) is 19.3 Å². The normalized spacial score (nSPS) is 14.6. The van der Waals surface area contributed by atoms with Gasteiger partial charge in [-0.05, 0) is 43.0 Å². The van der Waals surface area contributed by atoms with Crippen molar-refractivity contribution in [1.29, 1.82) is 0 Å². The Morgan fingerprint density at radius 3 is 2.84 bits per heavy atom. The molecule has 6 nitrogen and oxygen atoms in total. The SMILES string of the molecule is CN(CC(=O)Nc1cc2cc(-c3cn[nH]c3)ccc2cn1)C1CCC1.